The van der Waals surface area contributed by atoms with Gasteiger partial charge in [-0.3, -0.25) is 0 Å². The average Bonchev–Trinajstić information content (AvgIpc) is 2.78. The zero-order valence-electron chi connectivity index (χ0n) is 9.17. The van der Waals surface area contributed by atoms with Crippen LogP contribution in [0, 0.1) is 3.57 Å². The summed E-state index contributed by atoms with van der Waals surface area (Å²) in [5.41, 5.74) is 1.07. The van der Waals surface area contributed by atoms with Crippen LogP contribution in [0.5, 0.6) is 0 Å². The fourth-order valence-corrected chi connectivity index (χ4v) is 2.51. The molecule has 1 unspecified atom stereocenters. The molecule has 5 heteroatoms. The second-order valence-corrected chi connectivity index (χ2v) is 5.38. The van der Waals surface area contributed by atoms with Gasteiger partial charge >= 0.3 is 0 Å². The molecular weight excluding hydrogens is 338 g/mol. The molecule has 3 nitrogen and oxygen atoms in total. The second-order valence-electron chi connectivity index (χ2n) is 3.94. The lowest BCUT2D eigenvalue weighted by atomic mass is 10.1. The van der Waals surface area contributed by atoms with Gasteiger partial charge in [0.15, 0.2) is 0 Å². The number of nitrogens with zero attached hydrogens (tertiary/aromatic N) is 2. The summed E-state index contributed by atoms with van der Waals surface area (Å²) in [5, 5.41) is 0.584. The molecule has 2 heterocycles. The Bertz CT molecular complexity index is 380. The van der Waals surface area contributed by atoms with E-state index in [9.17, 15) is 0 Å². The van der Waals surface area contributed by atoms with Crippen LogP contribution in [0.2, 0.25) is 5.15 Å². The van der Waals surface area contributed by atoms with Crippen LogP contribution in [0.25, 0.3) is 0 Å². The van der Waals surface area contributed by atoms with Crippen LogP contribution in [0.1, 0.15) is 37.2 Å². The Morgan fingerprint density at radius 3 is 2.94 bits per heavy atom. The van der Waals surface area contributed by atoms with E-state index >= 15 is 0 Å². The van der Waals surface area contributed by atoms with Crippen LogP contribution in [0.15, 0.2) is 0 Å². The number of rotatable bonds is 3. The largest absolute Gasteiger partial charge is 0.381 e. The Hall–Kier alpha value is 0.0600. The third-order valence-electron chi connectivity index (χ3n) is 2.68. The van der Waals surface area contributed by atoms with Gasteiger partial charge in [0, 0.05) is 12.5 Å². The van der Waals surface area contributed by atoms with Crippen molar-refractivity contribution in [3.8, 4) is 0 Å². The normalized spacial score (nSPS) is 20.3. The lowest BCUT2D eigenvalue weighted by Gasteiger charge is -2.10. The molecule has 1 atom stereocenters. The molecule has 0 radical (unpaired) electrons. The SMILES string of the molecule is CCCc1nc(C2CCOC2)nc(Cl)c1I. The molecule has 2 rings (SSSR count). The first-order valence-corrected chi connectivity index (χ1v) is 6.97. The highest BCUT2D eigenvalue weighted by molar-refractivity contribution is 14.1. The third kappa shape index (κ3) is 2.65. The van der Waals surface area contributed by atoms with Gasteiger partial charge in [0.05, 0.1) is 15.9 Å². The number of hydrogen-bond donors (Lipinski definition) is 0. The summed E-state index contributed by atoms with van der Waals surface area (Å²) in [6, 6.07) is 0. The summed E-state index contributed by atoms with van der Waals surface area (Å²) in [4.78, 5) is 8.99. The summed E-state index contributed by atoms with van der Waals surface area (Å²) < 4.78 is 6.35. The van der Waals surface area contributed by atoms with E-state index < -0.39 is 0 Å². The predicted molar refractivity (Wildman–Crippen MR) is 71.9 cm³/mol. The first-order valence-electron chi connectivity index (χ1n) is 5.52. The van der Waals surface area contributed by atoms with Crippen molar-refractivity contribution in [2.75, 3.05) is 13.2 Å². The maximum Gasteiger partial charge on any atom is 0.146 e. The molecule has 0 spiro atoms. The summed E-state index contributed by atoms with van der Waals surface area (Å²) in [7, 11) is 0. The van der Waals surface area contributed by atoms with Gasteiger partial charge in [-0.05, 0) is 35.4 Å². The van der Waals surface area contributed by atoms with E-state index in [1.165, 1.54) is 0 Å². The van der Waals surface area contributed by atoms with Crippen LogP contribution in [-0.2, 0) is 11.2 Å². The summed E-state index contributed by atoms with van der Waals surface area (Å²) >= 11 is 8.35. The molecule has 1 aliphatic rings. The number of aromatic nitrogens is 2. The molecule has 0 amide bonds. The van der Waals surface area contributed by atoms with Crippen LogP contribution >= 0.6 is 34.2 Å². The van der Waals surface area contributed by atoms with E-state index in [0.717, 1.165) is 47.6 Å². The highest BCUT2D eigenvalue weighted by Crippen LogP contribution is 2.27. The second kappa shape index (κ2) is 5.60. The van der Waals surface area contributed by atoms with Crippen molar-refractivity contribution in [2.24, 2.45) is 0 Å². The van der Waals surface area contributed by atoms with Crippen molar-refractivity contribution in [1.82, 2.24) is 9.97 Å². The number of halogens is 2. The van der Waals surface area contributed by atoms with Gasteiger partial charge in [-0.15, -0.1) is 0 Å². The topological polar surface area (TPSA) is 35.0 Å². The number of aryl methyl sites for hydroxylation is 1. The van der Waals surface area contributed by atoms with Gasteiger partial charge in [0.1, 0.15) is 11.0 Å². The van der Waals surface area contributed by atoms with Gasteiger partial charge in [0.2, 0.25) is 0 Å². The highest BCUT2D eigenvalue weighted by atomic mass is 127. The highest BCUT2D eigenvalue weighted by Gasteiger charge is 2.22. The molecule has 0 saturated carbocycles. The molecule has 0 N–H and O–H groups in total. The fraction of sp³-hybridized carbons (Fsp3) is 0.636. The smallest absolute Gasteiger partial charge is 0.146 e. The lowest BCUT2D eigenvalue weighted by Crippen LogP contribution is -2.08. The molecule has 0 aliphatic carbocycles. The minimum absolute atomic E-state index is 0.324. The lowest BCUT2D eigenvalue weighted by molar-refractivity contribution is 0.193. The number of hydrogen-bond acceptors (Lipinski definition) is 3. The van der Waals surface area contributed by atoms with Crippen LogP contribution in [0.4, 0.5) is 0 Å². The van der Waals surface area contributed by atoms with E-state index in [2.05, 4.69) is 39.5 Å². The first kappa shape index (κ1) is 12.5. The van der Waals surface area contributed by atoms with Crippen molar-refractivity contribution in [1.29, 1.82) is 0 Å². The van der Waals surface area contributed by atoms with Crippen molar-refractivity contribution in [2.45, 2.75) is 32.1 Å². The Kier molecular flexibility index (Phi) is 4.38. The number of ether oxygens (including phenoxy) is 1. The van der Waals surface area contributed by atoms with Crippen molar-refractivity contribution >= 4 is 34.2 Å². The molecule has 1 aromatic rings. The van der Waals surface area contributed by atoms with Gasteiger partial charge in [-0.1, -0.05) is 24.9 Å². The van der Waals surface area contributed by atoms with Crippen LogP contribution < -0.4 is 0 Å². The van der Waals surface area contributed by atoms with Crippen molar-refractivity contribution in [3.05, 3.63) is 20.2 Å². The average molecular weight is 353 g/mol. The quantitative estimate of drug-likeness (QED) is 0.619. The van der Waals surface area contributed by atoms with E-state index in [0.29, 0.717) is 11.1 Å². The molecule has 0 aromatic carbocycles. The van der Waals surface area contributed by atoms with Crippen molar-refractivity contribution < 1.29 is 4.74 Å². The minimum atomic E-state index is 0.324. The summed E-state index contributed by atoms with van der Waals surface area (Å²) in [5.74, 6) is 1.18. The Morgan fingerprint density at radius 1 is 1.50 bits per heavy atom. The van der Waals surface area contributed by atoms with Gasteiger partial charge in [-0.2, -0.15) is 0 Å². The molecular formula is C11H14ClIN2O. The monoisotopic (exact) mass is 352 g/mol. The fourth-order valence-electron chi connectivity index (χ4n) is 1.80. The van der Waals surface area contributed by atoms with Gasteiger partial charge < -0.3 is 4.74 Å². The maximum atomic E-state index is 6.13. The third-order valence-corrected chi connectivity index (χ3v) is 4.40. The summed E-state index contributed by atoms with van der Waals surface area (Å²) in [6.45, 7) is 3.67. The summed E-state index contributed by atoms with van der Waals surface area (Å²) in [6.07, 6.45) is 3.04. The van der Waals surface area contributed by atoms with Crippen LogP contribution in [-0.4, -0.2) is 23.2 Å². The molecule has 16 heavy (non-hydrogen) atoms. The zero-order valence-corrected chi connectivity index (χ0v) is 12.1. The molecule has 1 fully saturated rings. The zero-order chi connectivity index (χ0) is 11.5. The Labute approximate surface area is 114 Å². The molecule has 1 saturated heterocycles. The first-order chi connectivity index (χ1) is 7.72. The Morgan fingerprint density at radius 2 is 2.31 bits per heavy atom. The van der Waals surface area contributed by atoms with Gasteiger partial charge in [0.25, 0.3) is 0 Å². The van der Waals surface area contributed by atoms with Crippen LogP contribution in [0.3, 0.4) is 0 Å². The van der Waals surface area contributed by atoms with E-state index in [4.69, 9.17) is 16.3 Å². The molecule has 88 valence electrons. The van der Waals surface area contributed by atoms with E-state index in [1.54, 1.807) is 0 Å². The standard InChI is InChI=1S/C11H14ClIN2O/c1-2-3-8-9(13)10(12)15-11(14-8)7-4-5-16-6-7/h7H,2-6H2,1H3. The molecule has 1 aliphatic heterocycles. The molecule has 1 aromatic heterocycles. The van der Waals surface area contributed by atoms with Gasteiger partial charge in [-0.25, -0.2) is 9.97 Å². The van der Waals surface area contributed by atoms with Crippen molar-refractivity contribution in [3.63, 3.8) is 0 Å². The van der Waals surface area contributed by atoms with E-state index in [1.807, 2.05) is 0 Å². The Balaban J connectivity index is 2.31. The maximum absolute atomic E-state index is 6.13. The molecule has 0 bridgehead atoms. The predicted octanol–water partition coefficient (Wildman–Crippen LogP) is 3.19. The van der Waals surface area contributed by atoms with E-state index in [-0.39, 0.29) is 0 Å². The minimum Gasteiger partial charge on any atom is -0.381 e.